The van der Waals surface area contributed by atoms with Gasteiger partial charge >= 0.3 is 0 Å². The zero-order valence-corrected chi connectivity index (χ0v) is 16.4. The summed E-state index contributed by atoms with van der Waals surface area (Å²) < 4.78 is 27.8. The summed E-state index contributed by atoms with van der Waals surface area (Å²) in [5.74, 6) is -3.16. The molecule has 6 heteroatoms. The van der Waals surface area contributed by atoms with Gasteiger partial charge in [-0.2, -0.15) is 0 Å². The Hall–Kier alpha value is -3.80. The first-order chi connectivity index (χ1) is 14.4. The lowest BCUT2D eigenvalue weighted by Crippen LogP contribution is -2.33. The highest BCUT2D eigenvalue weighted by Gasteiger charge is 2.41. The number of hydrogen-bond donors (Lipinski definition) is 1. The number of rotatable bonds is 4. The molecule has 0 radical (unpaired) electrons. The Bertz CT molecular complexity index is 1200. The fourth-order valence-electron chi connectivity index (χ4n) is 3.36. The maximum absolute atomic E-state index is 14.4. The molecule has 0 bridgehead atoms. The second kappa shape index (κ2) is 7.55. The molecule has 1 N–H and O–H groups in total. The molecule has 0 saturated heterocycles. The molecule has 1 aliphatic rings. The van der Waals surface area contributed by atoms with Gasteiger partial charge in [-0.15, -0.1) is 0 Å². The van der Waals surface area contributed by atoms with Gasteiger partial charge in [-0.3, -0.25) is 9.59 Å². The molecule has 30 heavy (non-hydrogen) atoms. The van der Waals surface area contributed by atoms with Crippen LogP contribution >= 0.6 is 0 Å². The van der Waals surface area contributed by atoms with Crippen LogP contribution in [0, 0.1) is 25.5 Å². The molecule has 4 rings (SSSR count). The number of aryl methyl sites for hydroxylation is 2. The van der Waals surface area contributed by atoms with Crippen molar-refractivity contribution in [3.05, 3.63) is 101 Å². The highest BCUT2D eigenvalue weighted by molar-refractivity contribution is 6.46. The van der Waals surface area contributed by atoms with E-state index >= 15 is 0 Å². The Morgan fingerprint density at radius 1 is 0.833 bits per heavy atom. The Morgan fingerprint density at radius 3 is 2.20 bits per heavy atom. The predicted molar refractivity (Wildman–Crippen MR) is 112 cm³/mol. The molecule has 0 spiro atoms. The largest absolute Gasteiger partial charge is 0.350 e. The van der Waals surface area contributed by atoms with Gasteiger partial charge in [-0.1, -0.05) is 48.0 Å². The van der Waals surface area contributed by atoms with Crippen LogP contribution in [0.1, 0.15) is 16.7 Å². The van der Waals surface area contributed by atoms with E-state index in [9.17, 15) is 18.4 Å². The van der Waals surface area contributed by atoms with Crippen molar-refractivity contribution in [3.8, 4) is 0 Å². The van der Waals surface area contributed by atoms with Gasteiger partial charge in [0.15, 0.2) is 0 Å². The highest BCUT2D eigenvalue weighted by Crippen LogP contribution is 2.35. The molecular weight excluding hydrogens is 386 g/mol. The Labute approximate surface area is 172 Å². The molecule has 150 valence electrons. The van der Waals surface area contributed by atoms with E-state index in [0.717, 1.165) is 28.2 Å². The van der Waals surface area contributed by atoms with Crippen LogP contribution in [0.25, 0.3) is 5.57 Å². The van der Waals surface area contributed by atoms with Crippen LogP contribution in [-0.4, -0.2) is 11.8 Å². The maximum Gasteiger partial charge on any atom is 0.282 e. The molecule has 3 aromatic rings. The number of benzene rings is 3. The van der Waals surface area contributed by atoms with Gasteiger partial charge in [0.2, 0.25) is 0 Å². The van der Waals surface area contributed by atoms with Gasteiger partial charge in [0.25, 0.3) is 11.8 Å². The average Bonchev–Trinajstić information content (AvgIpc) is 2.95. The summed E-state index contributed by atoms with van der Waals surface area (Å²) >= 11 is 0. The number of nitrogens with zero attached hydrogens (tertiary/aromatic N) is 1. The van der Waals surface area contributed by atoms with Crippen LogP contribution in [0.3, 0.4) is 0 Å². The predicted octanol–water partition coefficient (Wildman–Crippen LogP) is 4.98. The third-order valence-corrected chi connectivity index (χ3v) is 4.98. The van der Waals surface area contributed by atoms with E-state index in [0.29, 0.717) is 17.3 Å². The minimum absolute atomic E-state index is 0.0434. The quantitative estimate of drug-likeness (QED) is 0.624. The van der Waals surface area contributed by atoms with Gasteiger partial charge in [0.1, 0.15) is 17.3 Å². The standard InChI is InChI=1S/C24H18F2N2O2/c1-14-7-9-16(10-8-14)21-22(27-19-6-4-3-5-15(19)2)24(30)28(23(21)29)20-12-11-17(25)13-18(20)26/h3-13,27H,1-2H3. The summed E-state index contributed by atoms with van der Waals surface area (Å²) in [4.78, 5) is 27.3. The fourth-order valence-corrected chi connectivity index (χ4v) is 3.36. The highest BCUT2D eigenvalue weighted by atomic mass is 19.1. The number of hydrogen-bond acceptors (Lipinski definition) is 3. The topological polar surface area (TPSA) is 49.4 Å². The lowest BCUT2D eigenvalue weighted by atomic mass is 10.0. The van der Waals surface area contributed by atoms with Crippen molar-refractivity contribution >= 4 is 28.8 Å². The average molecular weight is 404 g/mol. The van der Waals surface area contributed by atoms with Crippen molar-refractivity contribution in [2.24, 2.45) is 0 Å². The first-order valence-electron chi connectivity index (χ1n) is 9.34. The lowest BCUT2D eigenvalue weighted by molar-refractivity contribution is -0.120. The molecular formula is C24H18F2N2O2. The molecule has 0 fully saturated rings. The monoisotopic (exact) mass is 404 g/mol. The fraction of sp³-hybridized carbons (Fsp3) is 0.0833. The molecule has 1 aliphatic heterocycles. The van der Waals surface area contributed by atoms with Crippen molar-refractivity contribution in [1.82, 2.24) is 0 Å². The van der Waals surface area contributed by atoms with Crippen LogP contribution in [0.5, 0.6) is 0 Å². The van der Waals surface area contributed by atoms with Crippen molar-refractivity contribution in [2.45, 2.75) is 13.8 Å². The van der Waals surface area contributed by atoms with E-state index in [2.05, 4.69) is 5.32 Å². The van der Waals surface area contributed by atoms with E-state index in [1.807, 2.05) is 38.1 Å². The summed E-state index contributed by atoms with van der Waals surface area (Å²) in [6.07, 6.45) is 0. The Morgan fingerprint density at radius 2 is 1.53 bits per heavy atom. The molecule has 0 atom stereocenters. The SMILES string of the molecule is Cc1ccc(C2=C(Nc3ccccc3C)C(=O)N(c3ccc(F)cc3F)C2=O)cc1. The molecule has 3 aromatic carbocycles. The van der Waals surface area contributed by atoms with Crippen molar-refractivity contribution in [3.63, 3.8) is 0 Å². The number of halogens is 2. The number of imide groups is 1. The lowest BCUT2D eigenvalue weighted by Gasteiger charge is -2.16. The molecule has 0 saturated carbocycles. The number of carbonyl (C=O) groups is 2. The summed E-state index contributed by atoms with van der Waals surface area (Å²) in [5, 5.41) is 3.05. The van der Waals surface area contributed by atoms with Gasteiger partial charge in [-0.05, 0) is 43.2 Å². The summed E-state index contributed by atoms with van der Waals surface area (Å²) in [7, 11) is 0. The van der Waals surface area contributed by atoms with Gasteiger partial charge < -0.3 is 5.32 Å². The second-order valence-corrected chi connectivity index (χ2v) is 7.10. The maximum atomic E-state index is 14.4. The van der Waals surface area contributed by atoms with Crippen LogP contribution in [0.15, 0.2) is 72.4 Å². The number of para-hydroxylation sites is 1. The van der Waals surface area contributed by atoms with Crippen molar-refractivity contribution in [2.75, 3.05) is 10.2 Å². The van der Waals surface area contributed by atoms with E-state index in [-0.39, 0.29) is 17.0 Å². The number of nitrogens with one attached hydrogen (secondary N) is 1. The van der Waals surface area contributed by atoms with E-state index in [1.54, 1.807) is 24.3 Å². The van der Waals surface area contributed by atoms with E-state index in [1.165, 1.54) is 0 Å². The number of amides is 2. The van der Waals surface area contributed by atoms with Crippen LogP contribution in [-0.2, 0) is 9.59 Å². The minimum Gasteiger partial charge on any atom is -0.350 e. The van der Waals surface area contributed by atoms with E-state index in [4.69, 9.17) is 0 Å². The third kappa shape index (κ3) is 3.37. The summed E-state index contributed by atoms with van der Waals surface area (Å²) in [5.41, 5.74) is 2.93. The Balaban J connectivity index is 1.86. The van der Waals surface area contributed by atoms with Gasteiger partial charge in [-0.25, -0.2) is 13.7 Å². The zero-order valence-electron chi connectivity index (χ0n) is 16.4. The first-order valence-corrected chi connectivity index (χ1v) is 9.34. The molecule has 2 amide bonds. The normalized spacial score (nSPS) is 13.9. The number of anilines is 2. The van der Waals surface area contributed by atoms with Crippen LogP contribution in [0.4, 0.5) is 20.2 Å². The molecule has 0 aliphatic carbocycles. The molecule has 1 heterocycles. The molecule has 0 aromatic heterocycles. The molecule has 0 unspecified atom stereocenters. The molecule has 4 nitrogen and oxygen atoms in total. The third-order valence-electron chi connectivity index (χ3n) is 4.98. The van der Waals surface area contributed by atoms with Crippen LogP contribution in [0.2, 0.25) is 0 Å². The van der Waals surface area contributed by atoms with Crippen molar-refractivity contribution in [1.29, 1.82) is 0 Å². The number of carbonyl (C=O) groups excluding carboxylic acids is 2. The van der Waals surface area contributed by atoms with Crippen molar-refractivity contribution < 1.29 is 18.4 Å². The van der Waals surface area contributed by atoms with Gasteiger partial charge in [0.05, 0.1) is 11.3 Å². The van der Waals surface area contributed by atoms with E-state index < -0.39 is 23.4 Å². The summed E-state index contributed by atoms with van der Waals surface area (Å²) in [6.45, 7) is 3.78. The zero-order chi connectivity index (χ0) is 21.4. The first kappa shape index (κ1) is 19.5. The second-order valence-electron chi connectivity index (χ2n) is 7.10. The van der Waals surface area contributed by atoms with Crippen LogP contribution < -0.4 is 10.2 Å². The Kier molecular flexibility index (Phi) is 4.91. The smallest absolute Gasteiger partial charge is 0.282 e. The minimum atomic E-state index is -0.989. The van der Waals surface area contributed by atoms with Gasteiger partial charge in [0, 0.05) is 11.8 Å². The summed E-state index contributed by atoms with van der Waals surface area (Å²) in [6, 6.07) is 17.2.